The predicted octanol–water partition coefficient (Wildman–Crippen LogP) is 4.63. The van der Waals surface area contributed by atoms with Crippen LogP contribution >= 0.6 is 0 Å². The van der Waals surface area contributed by atoms with Crippen LogP contribution in [0.1, 0.15) is 89.9 Å². The number of hydrogen-bond acceptors (Lipinski definition) is 2. The Balaban J connectivity index is 3.56. The zero-order valence-electron chi connectivity index (χ0n) is 16.6. The van der Waals surface area contributed by atoms with Crippen molar-refractivity contribution < 1.29 is 19.8 Å². The van der Waals surface area contributed by atoms with Crippen LogP contribution in [-0.4, -0.2) is 22.2 Å². The molecule has 0 aromatic rings. The zero-order chi connectivity index (χ0) is 20.7. The molecule has 0 aromatic heterocycles. The molecule has 0 fully saturated rings. The standard InChI is InChI=1S/C24H30O4/c25-23(26)21-19-17-15-13-11-9-7-5-3-1-2-4-6-8-10-12-14-16-18-20-22-24(27)28/h9-22H2,(H,25,26)(H,27,28). The average Bonchev–Trinajstić information content (AvgIpc) is 2.65. The monoisotopic (exact) mass is 382 g/mol. The van der Waals surface area contributed by atoms with Crippen LogP contribution in [-0.2, 0) is 9.59 Å². The second kappa shape index (κ2) is 20.5. The van der Waals surface area contributed by atoms with E-state index in [2.05, 4.69) is 47.4 Å². The minimum absolute atomic E-state index is 0.261. The van der Waals surface area contributed by atoms with Crippen molar-refractivity contribution in [3.05, 3.63) is 0 Å². The van der Waals surface area contributed by atoms with Gasteiger partial charge in [0.05, 0.1) is 0 Å². The van der Waals surface area contributed by atoms with Gasteiger partial charge in [0, 0.05) is 25.7 Å². The highest BCUT2D eigenvalue weighted by molar-refractivity contribution is 5.66. The third-order valence-electron chi connectivity index (χ3n) is 3.87. The Hall–Kier alpha value is -2.82. The predicted molar refractivity (Wildman–Crippen MR) is 111 cm³/mol. The molecule has 150 valence electrons. The van der Waals surface area contributed by atoms with Gasteiger partial charge < -0.3 is 10.2 Å². The van der Waals surface area contributed by atoms with Crippen LogP contribution in [0.3, 0.4) is 0 Å². The smallest absolute Gasteiger partial charge is 0.303 e. The van der Waals surface area contributed by atoms with E-state index < -0.39 is 11.9 Å². The molecule has 4 heteroatoms. The first kappa shape index (κ1) is 25.2. The van der Waals surface area contributed by atoms with Crippen molar-refractivity contribution in [2.75, 3.05) is 0 Å². The van der Waals surface area contributed by atoms with Crippen LogP contribution in [0.5, 0.6) is 0 Å². The van der Waals surface area contributed by atoms with Gasteiger partial charge in [-0.3, -0.25) is 9.59 Å². The van der Waals surface area contributed by atoms with Crippen molar-refractivity contribution in [2.45, 2.75) is 89.9 Å². The summed E-state index contributed by atoms with van der Waals surface area (Å²) in [7, 11) is 0. The molecule has 2 N–H and O–H groups in total. The van der Waals surface area contributed by atoms with E-state index in [1.165, 1.54) is 0 Å². The molecule has 0 amide bonds. The lowest BCUT2D eigenvalue weighted by atomic mass is 10.1. The summed E-state index contributed by atoms with van der Waals surface area (Å²) in [6.07, 6.45) is 11.8. The van der Waals surface area contributed by atoms with E-state index in [4.69, 9.17) is 10.2 Å². The highest BCUT2D eigenvalue weighted by Gasteiger charge is 1.96. The molecule has 0 aliphatic carbocycles. The molecule has 28 heavy (non-hydrogen) atoms. The molecule has 0 atom stereocenters. The summed E-state index contributed by atoms with van der Waals surface area (Å²) in [6, 6.07) is 0. The molecular weight excluding hydrogens is 352 g/mol. The molecule has 0 saturated heterocycles. The van der Waals surface area contributed by atoms with Gasteiger partial charge in [-0.15, -0.1) is 0 Å². The van der Waals surface area contributed by atoms with Crippen molar-refractivity contribution in [3.63, 3.8) is 0 Å². The normalized spacial score (nSPS) is 8.71. The average molecular weight is 383 g/mol. The molecule has 0 aliphatic heterocycles. The molecule has 0 aliphatic rings. The van der Waals surface area contributed by atoms with Gasteiger partial charge in [-0.2, -0.15) is 0 Å². The molecule has 0 bridgehead atoms. The summed E-state index contributed by atoms with van der Waals surface area (Å²) in [5, 5.41) is 17.0. The lowest BCUT2D eigenvalue weighted by Crippen LogP contribution is -1.93. The summed E-state index contributed by atoms with van der Waals surface area (Å²) in [5.41, 5.74) is 0. The first-order chi connectivity index (χ1) is 13.6. The molecule has 0 radical (unpaired) electrons. The maximum absolute atomic E-state index is 10.4. The van der Waals surface area contributed by atoms with E-state index >= 15 is 0 Å². The van der Waals surface area contributed by atoms with Crippen molar-refractivity contribution >= 4 is 11.9 Å². The van der Waals surface area contributed by atoms with Crippen LogP contribution in [0.25, 0.3) is 0 Å². The Bertz CT molecular complexity index is 628. The summed E-state index contributed by atoms with van der Waals surface area (Å²) in [6.45, 7) is 0. The summed E-state index contributed by atoms with van der Waals surface area (Å²) < 4.78 is 0. The molecule has 4 nitrogen and oxygen atoms in total. The van der Waals surface area contributed by atoms with E-state index in [9.17, 15) is 9.59 Å². The zero-order valence-corrected chi connectivity index (χ0v) is 16.6. The SMILES string of the molecule is O=C(O)CCCCCCCC#CC#CC#CC#CCCCCCCCC(=O)O. The van der Waals surface area contributed by atoms with Gasteiger partial charge in [0.25, 0.3) is 0 Å². The summed E-state index contributed by atoms with van der Waals surface area (Å²) in [5.74, 6) is 20.8. The van der Waals surface area contributed by atoms with E-state index in [0.717, 1.165) is 77.0 Å². The van der Waals surface area contributed by atoms with Gasteiger partial charge in [-0.05, 0) is 61.2 Å². The van der Waals surface area contributed by atoms with E-state index in [-0.39, 0.29) is 12.8 Å². The number of unbranched alkanes of at least 4 members (excludes halogenated alkanes) is 10. The van der Waals surface area contributed by atoms with Gasteiger partial charge in [0.15, 0.2) is 0 Å². The van der Waals surface area contributed by atoms with Gasteiger partial charge in [0.1, 0.15) is 0 Å². The third kappa shape index (κ3) is 23.2. The van der Waals surface area contributed by atoms with Gasteiger partial charge >= 0.3 is 11.9 Å². The molecule has 0 rings (SSSR count). The Labute approximate surface area is 169 Å². The van der Waals surface area contributed by atoms with Gasteiger partial charge in [-0.25, -0.2) is 0 Å². The van der Waals surface area contributed by atoms with E-state index in [0.29, 0.717) is 0 Å². The maximum atomic E-state index is 10.4. The first-order valence-electron chi connectivity index (χ1n) is 10.0. The molecule has 0 saturated carbocycles. The first-order valence-corrected chi connectivity index (χ1v) is 10.0. The number of carbonyl (C=O) groups is 2. The minimum atomic E-state index is -0.722. The quantitative estimate of drug-likeness (QED) is 0.339. The molecule has 0 aromatic carbocycles. The van der Waals surface area contributed by atoms with E-state index in [1.54, 1.807) is 0 Å². The van der Waals surface area contributed by atoms with Crippen molar-refractivity contribution in [3.8, 4) is 47.4 Å². The second-order valence-corrected chi connectivity index (χ2v) is 6.43. The van der Waals surface area contributed by atoms with Crippen LogP contribution in [0.2, 0.25) is 0 Å². The minimum Gasteiger partial charge on any atom is -0.481 e. The number of hydrogen-bond donors (Lipinski definition) is 2. The molecule has 0 heterocycles. The van der Waals surface area contributed by atoms with Crippen LogP contribution in [0.15, 0.2) is 0 Å². The topological polar surface area (TPSA) is 74.6 Å². The van der Waals surface area contributed by atoms with Crippen LogP contribution < -0.4 is 0 Å². The maximum Gasteiger partial charge on any atom is 0.303 e. The largest absolute Gasteiger partial charge is 0.481 e. The number of aliphatic carboxylic acids is 2. The second-order valence-electron chi connectivity index (χ2n) is 6.43. The molecular formula is C24H30O4. The van der Waals surface area contributed by atoms with Crippen LogP contribution in [0.4, 0.5) is 0 Å². The fourth-order valence-electron chi connectivity index (χ4n) is 2.38. The van der Waals surface area contributed by atoms with Crippen molar-refractivity contribution in [1.82, 2.24) is 0 Å². The Kier molecular flexibility index (Phi) is 18.4. The fraction of sp³-hybridized carbons (Fsp3) is 0.583. The molecule has 0 unspecified atom stereocenters. The van der Waals surface area contributed by atoms with Crippen molar-refractivity contribution in [1.29, 1.82) is 0 Å². The number of carboxylic acid groups (broad SMARTS) is 2. The number of carboxylic acids is 2. The van der Waals surface area contributed by atoms with Crippen LogP contribution in [0, 0.1) is 47.4 Å². The third-order valence-corrected chi connectivity index (χ3v) is 3.87. The van der Waals surface area contributed by atoms with Gasteiger partial charge in [-0.1, -0.05) is 50.4 Å². The summed E-state index contributed by atoms with van der Waals surface area (Å²) in [4.78, 5) is 20.7. The fourth-order valence-corrected chi connectivity index (χ4v) is 2.38. The number of rotatable bonds is 14. The Morgan fingerprint density at radius 2 is 0.786 bits per heavy atom. The highest BCUT2D eigenvalue weighted by atomic mass is 16.4. The summed E-state index contributed by atoms with van der Waals surface area (Å²) >= 11 is 0. The van der Waals surface area contributed by atoms with Crippen molar-refractivity contribution in [2.24, 2.45) is 0 Å². The molecule has 0 spiro atoms. The van der Waals surface area contributed by atoms with E-state index in [1.807, 2.05) is 0 Å². The lowest BCUT2D eigenvalue weighted by Gasteiger charge is -1.97. The Morgan fingerprint density at radius 3 is 1.18 bits per heavy atom. The highest BCUT2D eigenvalue weighted by Crippen LogP contribution is 2.07. The lowest BCUT2D eigenvalue weighted by molar-refractivity contribution is -0.138. The van der Waals surface area contributed by atoms with Gasteiger partial charge in [0.2, 0.25) is 0 Å². The Morgan fingerprint density at radius 1 is 0.464 bits per heavy atom.